The number of benzene rings is 2. The van der Waals surface area contributed by atoms with Crippen molar-refractivity contribution in [2.24, 2.45) is 5.73 Å². The number of carbonyl (C=O) groups excluding carboxylic acids is 2. The Bertz CT molecular complexity index is 707. The van der Waals surface area contributed by atoms with E-state index < -0.39 is 17.9 Å². The number of hydrogen-bond donors (Lipinski definition) is 3. The number of rotatable bonds is 9. The molecule has 1 unspecified atom stereocenters. The SMILES string of the molecule is NC(=O)CCC(NC(=O)CC(c1ccccc1)c1ccccc1)C(=O)O. The first kappa shape index (κ1) is 19.2. The maximum Gasteiger partial charge on any atom is 0.326 e. The van der Waals surface area contributed by atoms with Crippen LogP contribution in [0, 0.1) is 0 Å². The Morgan fingerprint density at radius 1 is 0.923 bits per heavy atom. The van der Waals surface area contributed by atoms with E-state index in [9.17, 15) is 19.5 Å². The monoisotopic (exact) mass is 354 g/mol. The third-order valence-corrected chi connectivity index (χ3v) is 4.11. The number of aliphatic carboxylic acids is 1. The summed E-state index contributed by atoms with van der Waals surface area (Å²) in [7, 11) is 0. The molecule has 0 aliphatic heterocycles. The maximum absolute atomic E-state index is 12.5. The highest BCUT2D eigenvalue weighted by Gasteiger charge is 2.23. The summed E-state index contributed by atoms with van der Waals surface area (Å²) < 4.78 is 0. The molecule has 0 bridgehead atoms. The first-order chi connectivity index (χ1) is 12.5. The molecule has 4 N–H and O–H groups in total. The maximum atomic E-state index is 12.5. The minimum absolute atomic E-state index is 0.0300. The first-order valence-corrected chi connectivity index (χ1v) is 8.37. The van der Waals surface area contributed by atoms with Crippen molar-refractivity contribution in [2.75, 3.05) is 0 Å². The zero-order valence-corrected chi connectivity index (χ0v) is 14.3. The normalized spacial score (nSPS) is 11.7. The van der Waals surface area contributed by atoms with E-state index in [1.807, 2.05) is 60.7 Å². The molecular formula is C20H22N2O4. The fourth-order valence-corrected chi connectivity index (χ4v) is 2.78. The molecule has 0 fully saturated rings. The predicted octanol–water partition coefficient (Wildman–Crippen LogP) is 2.04. The van der Waals surface area contributed by atoms with Crippen LogP contribution in [0.15, 0.2) is 60.7 Å². The van der Waals surface area contributed by atoms with Crippen molar-refractivity contribution in [3.63, 3.8) is 0 Å². The van der Waals surface area contributed by atoms with Gasteiger partial charge in [-0.3, -0.25) is 9.59 Å². The van der Waals surface area contributed by atoms with Crippen LogP contribution in [0.1, 0.15) is 36.3 Å². The lowest BCUT2D eigenvalue weighted by atomic mass is 9.88. The molecule has 0 spiro atoms. The van der Waals surface area contributed by atoms with E-state index in [1.165, 1.54) is 0 Å². The number of carboxylic acids is 1. The van der Waals surface area contributed by atoms with Gasteiger partial charge in [0.25, 0.3) is 0 Å². The second-order valence-electron chi connectivity index (χ2n) is 6.04. The smallest absolute Gasteiger partial charge is 0.326 e. The van der Waals surface area contributed by atoms with Crippen LogP contribution in [0.5, 0.6) is 0 Å². The quantitative estimate of drug-likeness (QED) is 0.640. The summed E-state index contributed by atoms with van der Waals surface area (Å²) in [6.07, 6.45) is -0.0236. The Balaban J connectivity index is 2.13. The number of nitrogens with one attached hydrogen (secondary N) is 1. The van der Waals surface area contributed by atoms with Crippen LogP contribution >= 0.6 is 0 Å². The molecule has 2 aromatic carbocycles. The summed E-state index contributed by atoms with van der Waals surface area (Å²) in [6.45, 7) is 0. The van der Waals surface area contributed by atoms with E-state index in [0.717, 1.165) is 11.1 Å². The molecule has 136 valence electrons. The van der Waals surface area contributed by atoms with Gasteiger partial charge >= 0.3 is 5.97 Å². The molecule has 0 radical (unpaired) electrons. The van der Waals surface area contributed by atoms with Gasteiger partial charge in [0, 0.05) is 18.8 Å². The van der Waals surface area contributed by atoms with Crippen molar-refractivity contribution in [1.29, 1.82) is 0 Å². The van der Waals surface area contributed by atoms with Crippen molar-refractivity contribution >= 4 is 17.8 Å². The van der Waals surface area contributed by atoms with Crippen molar-refractivity contribution in [2.45, 2.75) is 31.2 Å². The van der Waals surface area contributed by atoms with Crippen LogP contribution in [0.4, 0.5) is 0 Å². The zero-order chi connectivity index (χ0) is 18.9. The van der Waals surface area contributed by atoms with Gasteiger partial charge in [0.15, 0.2) is 0 Å². The molecule has 26 heavy (non-hydrogen) atoms. The average molecular weight is 354 g/mol. The number of carbonyl (C=O) groups is 3. The number of hydrogen-bond acceptors (Lipinski definition) is 3. The molecule has 0 saturated carbocycles. The van der Waals surface area contributed by atoms with Crippen molar-refractivity contribution in [3.8, 4) is 0 Å². The standard InChI is InChI=1S/C20H22N2O4/c21-18(23)12-11-17(20(25)26)22-19(24)13-16(14-7-3-1-4-8-14)15-9-5-2-6-10-15/h1-10,16-17H,11-13H2,(H2,21,23)(H,22,24)(H,25,26). The van der Waals surface area contributed by atoms with E-state index in [2.05, 4.69) is 5.32 Å². The van der Waals surface area contributed by atoms with Crippen LogP contribution in [-0.2, 0) is 14.4 Å². The fraction of sp³-hybridized carbons (Fsp3) is 0.250. The third-order valence-electron chi connectivity index (χ3n) is 4.11. The summed E-state index contributed by atoms with van der Waals surface area (Å²) >= 11 is 0. The Labute approximate surface area is 152 Å². The summed E-state index contributed by atoms with van der Waals surface area (Å²) in [5, 5.41) is 11.7. The molecule has 0 aliphatic rings. The molecule has 6 nitrogen and oxygen atoms in total. The van der Waals surface area contributed by atoms with Crippen LogP contribution in [0.2, 0.25) is 0 Å². The lowest BCUT2D eigenvalue weighted by Gasteiger charge is -2.20. The molecule has 0 saturated heterocycles. The number of carboxylic acid groups (broad SMARTS) is 1. The molecule has 0 aromatic heterocycles. The van der Waals surface area contributed by atoms with E-state index >= 15 is 0 Å². The zero-order valence-electron chi connectivity index (χ0n) is 14.3. The third kappa shape index (κ3) is 5.73. The number of amides is 2. The Morgan fingerprint density at radius 2 is 1.42 bits per heavy atom. The predicted molar refractivity (Wildman–Crippen MR) is 97.3 cm³/mol. The molecule has 1 atom stereocenters. The van der Waals surface area contributed by atoms with Crippen LogP contribution < -0.4 is 11.1 Å². The lowest BCUT2D eigenvalue weighted by molar-refractivity contribution is -0.142. The largest absolute Gasteiger partial charge is 0.480 e. The molecule has 2 rings (SSSR count). The lowest BCUT2D eigenvalue weighted by Crippen LogP contribution is -2.41. The van der Waals surface area contributed by atoms with Gasteiger partial charge in [-0.2, -0.15) is 0 Å². The molecular weight excluding hydrogens is 332 g/mol. The van der Waals surface area contributed by atoms with Gasteiger partial charge in [-0.25, -0.2) is 4.79 Å². The number of nitrogens with two attached hydrogens (primary N) is 1. The minimum Gasteiger partial charge on any atom is -0.480 e. The van der Waals surface area contributed by atoms with Gasteiger partial charge in [0.1, 0.15) is 6.04 Å². The topological polar surface area (TPSA) is 109 Å². The second-order valence-corrected chi connectivity index (χ2v) is 6.04. The van der Waals surface area contributed by atoms with Gasteiger partial charge < -0.3 is 16.2 Å². The average Bonchev–Trinajstić information content (AvgIpc) is 2.64. The Morgan fingerprint density at radius 3 is 1.85 bits per heavy atom. The van der Waals surface area contributed by atoms with E-state index in [-0.39, 0.29) is 31.1 Å². The number of primary amides is 1. The first-order valence-electron chi connectivity index (χ1n) is 8.37. The highest BCUT2D eigenvalue weighted by Crippen LogP contribution is 2.27. The minimum atomic E-state index is -1.18. The molecule has 0 aliphatic carbocycles. The Kier molecular flexibility index (Phi) is 6.91. The van der Waals surface area contributed by atoms with Crippen LogP contribution in [0.3, 0.4) is 0 Å². The summed E-state index contributed by atoms with van der Waals surface area (Å²) in [5.41, 5.74) is 7.00. The van der Waals surface area contributed by atoms with Crippen molar-refractivity contribution < 1.29 is 19.5 Å². The van der Waals surface area contributed by atoms with Gasteiger partial charge in [0.2, 0.25) is 11.8 Å². The van der Waals surface area contributed by atoms with E-state index in [4.69, 9.17) is 5.73 Å². The highest BCUT2D eigenvalue weighted by atomic mass is 16.4. The van der Waals surface area contributed by atoms with Gasteiger partial charge in [0.05, 0.1) is 0 Å². The molecule has 2 amide bonds. The Hall–Kier alpha value is -3.15. The summed E-state index contributed by atoms with van der Waals surface area (Å²) in [6, 6.07) is 18.0. The molecule has 2 aromatic rings. The van der Waals surface area contributed by atoms with Crippen LogP contribution in [-0.4, -0.2) is 28.9 Å². The van der Waals surface area contributed by atoms with E-state index in [0.29, 0.717) is 0 Å². The highest BCUT2D eigenvalue weighted by molar-refractivity contribution is 5.85. The molecule has 6 heteroatoms. The summed E-state index contributed by atoms with van der Waals surface area (Å²) in [5.74, 6) is -2.37. The second kappa shape index (κ2) is 9.36. The van der Waals surface area contributed by atoms with E-state index in [1.54, 1.807) is 0 Å². The van der Waals surface area contributed by atoms with Gasteiger partial charge in [-0.15, -0.1) is 0 Å². The van der Waals surface area contributed by atoms with Crippen molar-refractivity contribution in [1.82, 2.24) is 5.32 Å². The molecule has 0 heterocycles. The van der Waals surface area contributed by atoms with Gasteiger partial charge in [-0.05, 0) is 17.5 Å². The summed E-state index contributed by atoms with van der Waals surface area (Å²) in [4.78, 5) is 34.7. The van der Waals surface area contributed by atoms with Crippen LogP contribution in [0.25, 0.3) is 0 Å². The van der Waals surface area contributed by atoms with Crippen molar-refractivity contribution in [3.05, 3.63) is 71.8 Å². The van der Waals surface area contributed by atoms with Gasteiger partial charge in [-0.1, -0.05) is 60.7 Å². The fourth-order valence-electron chi connectivity index (χ4n) is 2.78.